The van der Waals surface area contributed by atoms with Crippen molar-refractivity contribution in [3.63, 3.8) is 0 Å². The maximum absolute atomic E-state index is 13.2. The lowest BCUT2D eigenvalue weighted by Gasteiger charge is -2.27. The Balaban J connectivity index is 1.95. The zero-order chi connectivity index (χ0) is 21.8. The number of piperidine rings is 1. The molecule has 0 bridgehead atoms. The minimum Gasteiger partial charge on any atom is -0.497 e. The molecule has 8 nitrogen and oxygen atoms in total. The molecule has 0 atom stereocenters. The van der Waals surface area contributed by atoms with E-state index in [9.17, 15) is 16.8 Å². The van der Waals surface area contributed by atoms with Crippen LogP contribution in [0.5, 0.6) is 11.5 Å². The van der Waals surface area contributed by atoms with Crippen molar-refractivity contribution in [1.82, 2.24) is 4.31 Å². The van der Waals surface area contributed by atoms with Crippen molar-refractivity contribution in [3.8, 4) is 11.5 Å². The summed E-state index contributed by atoms with van der Waals surface area (Å²) < 4.78 is 66.3. The van der Waals surface area contributed by atoms with Crippen LogP contribution >= 0.6 is 0 Å². The van der Waals surface area contributed by atoms with Gasteiger partial charge in [-0.05, 0) is 62.2 Å². The molecule has 164 valence electrons. The van der Waals surface area contributed by atoms with Crippen molar-refractivity contribution in [2.75, 3.05) is 31.5 Å². The van der Waals surface area contributed by atoms with Gasteiger partial charge in [0.15, 0.2) is 0 Å². The fraction of sp³-hybridized carbons (Fsp3) is 0.400. The Labute approximate surface area is 177 Å². The van der Waals surface area contributed by atoms with Crippen LogP contribution < -0.4 is 14.2 Å². The van der Waals surface area contributed by atoms with Gasteiger partial charge < -0.3 is 9.47 Å². The number of rotatable bonds is 8. The number of nitrogens with one attached hydrogen (secondary N) is 1. The van der Waals surface area contributed by atoms with Gasteiger partial charge in [0.05, 0.1) is 24.3 Å². The first-order valence-corrected chi connectivity index (χ1v) is 12.6. The summed E-state index contributed by atoms with van der Waals surface area (Å²) in [5.41, 5.74) is 0.143. The van der Waals surface area contributed by atoms with Crippen LogP contribution in [0.15, 0.2) is 52.3 Å². The molecule has 0 radical (unpaired) electrons. The van der Waals surface area contributed by atoms with Gasteiger partial charge >= 0.3 is 0 Å². The zero-order valence-electron chi connectivity index (χ0n) is 17.0. The lowest BCUT2D eigenvalue weighted by Crippen LogP contribution is -2.35. The quantitative estimate of drug-likeness (QED) is 0.658. The molecule has 0 saturated carbocycles. The standard InChI is InChI=1S/C20H26N2O6S2/c1-3-28-19-12-7-16(15-20(19)30(25,26)22-13-5-4-6-14-22)21-29(23,24)18-10-8-17(27-2)9-11-18/h7-12,15,21H,3-6,13-14H2,1-2H3. The minimum absolute atomic E-state index is 0.0395. The number of benzene rings is 2. The van der Waals surface area contributed by atoms with Crippen LogP contribution in [-0.2, 0) is 20.0 Å². The van der Waals surface area contributed by atoms with E-state index in [0.717, 1.165) is 19.3 Å². The highest BCUT2D eigenvalue weighted by Gasteiger charge is 2.29. The molecule has 10 heteroatoms. The molecule has 0 aromatic heterocycles. The molecule has 0 unspecified atom stereocenters. The van der Waals surface area contributed by atoms with E-state index in [2.05, 4.69) is 4.72 Å². The number of methoxy groups -OCH3 is 1. The Morgan fingerprint density at radius 1 is 0.967 bits per heavy atom. The number of hydrogen-bond donors (Lipinski definition) is 1. The molecule has 2 aromatic rings. The molecule has 2 aromatic carbocycles. The van der Waals surface area contributed by atoms with Gasteiger partial charge in [-0.3, -0.25) is 4.72 Å². The van der Waals surface area contributed by atoms with E-state index in [-0.39, 0.29) is 21.2 Å². The van der Waals surface area contributed by atoms with E-state index >= 15 is 0 Å². The maximum atomic E-state index is 13.2. The van der Waals surface area contributed by atoms with E-state index in [0.29, 0.717) is 25.4 Å². The van der Waals surface area contributed by atoms with Crippen molar-refractivity contribution < 1.29 is 26.3 Å². The summed E-state index contributed by atoms with van der Waals surface area (Å²) in [6.45, 7) is 2.93. The lowest BCUT2D eigenvalue weighted by molar-refractivity contribution is 0.323. The molecule has 1 heterocycles. The highest BCUT2D eigenvalue weighted by atomic mass is 32.2. The Bertz CT molecular complexity index is 1080. The normalized spacial score (nSPS) is 15.5. The van der Waals surface area contributed by atoms with Crippen LogP contribution in [0.25, 0.3) is 0 Å². The highest BCUT2D eigenvalue weighted by molar-refractivity contribution is 7.92. The monoisotopic (exact) mass is 454 g/mol. The van der Waals surface area contributed by atoms with E-state index in [1.165, 1.54) is 41.7 Å². The van der Waals surface area contributed by atoms with Gasteiger partial charge in [0.1, 0.15) is 16.4 Å². The fourth-order valence-corrected chi connectivity index (χ4v) is 5.98. The van der Waals surface area contributed by atoms with Gasteiger partial charge in [0, 0.05) is 13.1 Å². The number of nitrogens with zero attached hydrogens (tertiary/aromatic N) is 1. The van der Waals surface area contributed by atoms with Crippen LogP contribution in [-0.4, -0.2) is 47.9 Å². The van der Waals surface area contributed by atoms with E-state index < -0.39 is 20.0 Å². The average Bonchev–Trinajstić information content (AvgIpc) is 2.75. The molecular weight excluding hydrogens is 428 g/mol. The summed E-state index contributed by atoms with van der Waals surface area (Å²) in [6.07, 6.45) is 2.59. The van der Waals surface area contributed by atoms with Crippen molar-refractivity contribution in [3.05, 3.63) is 42.5 Å². The lowest BCUT2D eigenvalue weighted by atomic mass is 10.2. The molecule has 3 rings (SSSR count). The molecule has 0 amide bonds. The van der Waals surface area contributed by atoms with Crippen LogP contribution in [0.4, 0.5) is 5.69 Å². The number of anilines is 1. The molecular formula is C20H26N2O6S2. The summed E-state index contributed by atoms with van der Waals surface area (Å²) in [5.74, 6) is 0.736. The van der Waals surface area contributed by atoms with Crippen LogP contribution in [0.2, 0.25) is 0 Å². The summed E-state index contributed by atoms with van der Waals surface area (Å²) >= 11 is 0. The average molecular weight is 455 g/mol. The van der Waals surface area contributed by atoms with Crippen LogP contribution in [0.1, 0.15) is 26.2 Å². The molecule has 30 heavy (non-hydrogen) atoms. The van der Waals surface area contributed by atoms with Crippen molar-refractivity contribution in [2.24, 2.45) is 0 Å². The van der Waals surface area contributed by atoms with Crippen molar-refractivity contribution in [1.29, 1.82) is 0 Å². The van der Waals surface area contributed by atoms with E-state index in [4.69, 9.17) is 9.47 Å². The predicted molar refractivity (Wildman–Crippen MR) is 114 cm³/mol. The Morgan fingerprint density at radius 2 is 1.63 bits per heavy atom. The van der Waals surface area contributed by atoms with Gasteiger partial charge in [-0.1, -0.05) is 6.42 Å². The molecule has 1 N–H and O–H groups in total. The topological polar surface area (TPSA) is 102 Å². The van der Waals surface area contributed by atoms with Gasteiger partial charge in [-0.15, -0.1) is 0 Å². The Morgan fingerprint density at radius 3 is 2.23 bits per heavy atom. The first-order valence-electron chi connectivity index (χ1n) is 9.72. The SMILES string of the molecule is CCOc1ccc(NS(=O)(=O)c2ccc(OC)cc2)cc1S(=O)(=O)N1CCCCC1. The van der Waals surface area contributed by atoms with Gasteiger partial charge in [-0.2, -0.15) is 4.31 Å². The predicted octanol–water partition coefficient (Wildman–Crippen LogP) is 3.07. The third-order valence-electron chi connectivity index (χ3n) is 4.80. The third kappa shape index (κ3) is 4.88. The van der Waals surface area contributed by atoms with Crippen molar-refractivity contribution in [2.45, 2.75) is 36.0 Å². The summed E-state index contributed by atoms with van der Waals surface area (Å²) in [6, 6.07) is 10.2. The minimum atomic E-state index is -3.91. The maximum Gasteiger partial charge on any atom is 0.261 e. The second kappa shape index (κ2) is 9.23. The van der Waals surface area contributed by atoms with Crippen LogP contribution in [0, 0.1) is 0 Å². The van der Waals surface area contributed by atoms with Crippen molar-refractivity contribution >= 4 is 25.7 Å². The first-order chi connectivity index (χ1) is 14.3. The number of ether oxygens (including phenoxy) is 2. The summed E-state index contributed by atoms with van der Waals surface area (Å²) in [5, 5.41) is 0. The fourth-order valence-electron chi connectivity index (χ4n) is 3.26. The molecule has 1 saturated heterocycles. The summed E-state index contributed by atoms with van der Waals surface area (Å²) in [4.78, 5) is -0.00111. The van der Waals surface area contributed by atoms with Crippen LogP contribution in [0.3, 0.4) is 0 Å². The Hall–Kier alpha value is -2.30. The molecule has 1 aliphatic heterocycles. The smallest absolute Gasteiger partial charge is 0.261 e. The number of hydrogen-bond acceptors (Lipinski definition) is 6. The first kappa shape index (κ1) is 22.4. The molecule has 0 spiro atoms. The zero-order valence-corrected chi connectivity index (χ0v) is 18.6. The Kier molecular flexibility index (Phi) is 6.89. The highest BCUT2D eigenvalue weighted by Crippen LogP contribution is 2.32. The molecule has 0 aliphatic carbocycles. The summed E-state index contributed by atoms with van der Waals surface area (Å²) in [7, 11) is -6.22. The molecule has 1 aliphatic rings. The van der Waals surface area contributed by atoms with Gasteiger partial charge in [0.2, 0.25) is 10.0 Å². The second-order valence-corrected chi connectivity index (χ2v) is 10.4. The third-order valence-corrected chi connectivity index (χ3v) is 8.12. The molecule has 1 fully saturated rings. The second-order valence-electron chi connectivity index (χ2n) is 6.84. The number of sulfonamides is 2. The largest absolute Gasteiger partial charge is 0.497 e. The van der Waals surface area contributed by atoms with Gasteiger partial charge in [0.25, 0.3) is 10.0 Å². The van der Waals surface area contributed by atoms with E-state index in [1.54, 1.807) is 19.1 Å². The van der Waals surface area contributed by atoms with E-state index in [1.807, 2.05) is 0 Å². The van der Waals surface area contributed by atoms with Gasteiger partial charge in [-0.25, -0.2) is 16.8 Å².